The van der Waals surface area contributed by atoms with Crippen LogP contribution in [0.1, 0.15) is 38.7 Å². The summed E-state index contributed by atoms with van der Waals surface area (Å²) in [7, 11) is 2.79. The number of hydrogen-bond acceptors (Lipinski definition) is 9. The SMILES string of the molecule is CCCCNC(=O)C(CC)N(Cc1ccc(OC)cc1)C(=O)CN(c1cc(OC)ccc1OC)S(=O)(=O)c1ccc(OC)c(OC)c1. The largest absolute Gasteiger partial charge is 0.497 e. The van der Waals surface area contributed by atoms with Crippen molar-refractivity contribution in [3.63, 3.8) is 0 Å². The van der Waals surface area contributed by atoms with E-state index in [4.69, 9.17) is 23.7 Å². The van der Waals surface area contributed by atoms with Crippen molar-refractivity contribution in [3.05, 3.63) is 66.2 Å². The highest BCUT2D eigenvalue weighted by Gasteiger charge is 2.35. The van der Waals surface area contributed by atoms with Crippen molar-refractivity contribution in [2.45, 2.75) is 50.6 Å². The lowest BCUT2D eigenvalue weighted by Crippen LogP contribution is -2.52. The zero-order valence-corrected chi connectivity index (χ0v) is 28.9. The van der Waals surface area contributed by atoms with E-state index in [0.29, 0.717) is 30.2 Å². The summed E-state index contributed by atoms with van der Waals surface area (Å²) >= 11 is 0. The van der Waals surface area contributed by atoms with Crippen molar-refractivity contribution in [3.8, 4) is 28.7 Å². The summed E-state index contributed by atoms with van der Waals surface area (Å²) in [6.45, 7) is 3.67. The van der Waals surface area contributed by atoms with Crippen LogP contribution < -0.4 is 33.3 Å². The summed E-state index contributed by atoms with van der Waals surface area (Å²) in [6, 6.07) is 15.1. The number of carbonyl (C=O) groups is 2. The van der Waals surface area contributed by atoms with Crippen molar-refractivity contribution < 1.29 is 41.7 Å². The molecular formula is C34H45N3O9S. The lowest BCUT2D eigenvalue weighted by molar-refractivity contribution is -0.140. The minimum absolute atomic E-state index is 0.0437. The third kappa shape index (κ3) is 9.00. The van der Waals surface area contributed by atoms with E-state index in [9.17, 15) is 18.0 Å². The lowest BCUT2D eigenvalue weighted by atomic mass is 10.1. The van der Waals surface area contributed by atoms with Gasteiger partial charge in [-0.1, -0.05) is 32.4 Å². The smallest absolute Gasteiger partial charge is 0.265 e. The van der Waals surface area contributed by atoms with Gasteiger partial charge in [-0.25, -0.2) is 8.42 Å². The molecule has 0 spiro atoms. The van der Waals surface area contributed by atoms with Gasteiger partial charge in [-0.2, -0.15) is 0 Å². The number of hydrogen-bond donors (Lipinski definition) is 1. The number of methoxy groups -OCH3 is 5. The van der Waals surface area contributed by atoms with E-state index in [2.05, 4.69) is 5.32 Å². The molecule has 0 heterocycles. The van der Waals surface area contributed by atoms with Gasteiger partial charge in [0.05, 0.1) is 46.1 Å². The summed E-state index contributed by atoms with van der Waals surface area (Å²) in [4.78, 5) is 29.2. The van der Waals surface area contributed by atoms with Crippen LogP contribution in [0.3, 0.4) is 0 Å². The molecular weight excluding hydrogens is 626 g/mol. The highest BCUT2D eigenvalue weighted by molar-refractivity contribution is 7.92. The summed E-state index contributed by atoms with van der Waals surface area (Å²) < 4.78 is 56.8. The first-order valence-electron chi connectivity index (χ1n) is 15.2. The van der Waals surface area contributed by atoms with Gasteiger partial charge in [0.25, 0.3) is 10.0 Å². The van der Waals surface area contributed by atoms with Gasteiger partial charge in [0.1, 0.15) is 29.8 Å². The number of nitrogens with one attached hydrogen (secondary N) is 1. The topological polar surface area (TPSA) is 133 Å². The molecule has 1 unspecified atom stereocenters. The normalized spacial score (nSPS) is 11.6. The summed E-state index contributed by atoms with van der Waals surface area (Å²) in [5.74, 6) is 0.759. The highest BCUT2D eigenvalue weighted by atomic mass is 32.2. The van der Waals surface area contributed by atoms with Crippen LogP contribution in [0.25, 0.3) is 0 Å². The Balaban J connectivity index is 2.17. The summed E-state index contributed by atoms with van der Waals surface area (Å²) in [6.07, 6.45) is 1.96. The van der Waals surface area contributed by atoms with Crippen LogP contribution in [0.15, 0.2) is 65.6 Å². The predicted molar refractivity (Wildman–Crippen MR) is 179 cm³/mol. The van der Waals surface area contributed by atoms with E-state index in [1.807, 2.05) is 13.8 Å². The maximum absolute atomic E-state index is 14.5. The molecule has 0 saturated heterocycles. The Kier molecular flexibility index (Phi) is 13.6. The minimum atomic E-state index is -4.45. The van der Waals surface area contributed by atoms with Crippen molar-refractivity contribution in [1.29, 1.82) is 0 Å². The molecule has 0 aliphatic rings. The lowest BCUT2D eigenvalue weighted by Gasteiger charge is -2.33. The fourth-order valence-electron chi connectivity index (χ4n) is 4.96. The minimum Gasteiger partial charge on any atom is -0.497 e. The summed E-state index contributed by atoms with van der Waals surface area (Å²) in [5.41, 5.74) is 0.798. The average molecular weight is 672 g/mol. The van der Waals surface area contributed by atoms with Crippen LogP contribution in [0.4, 0.5) is 5.69 Å². The Labute approximate surface area is 277 Å². The second-order valence-corrected chi connectivity index (χ2v) is 12.4. The fourth-order valence-corrected chi connectivity index (χ4v) is 6.40. The van der Waals surface area contributed by atoms with E-state index in [0.717, 1.165) is 22.7 Å². The van der Waals surface area contributed by atoms with Crippen LogP contribution in [-0.2, 0) is 26.2 Å². The number of anilines is 1. The molecule has 0 saturated carbocycles. The number of amides is 2. The van der Waals surface area contributed by atoms with Crippen LogP contribution >= 0.6 is 0 Å². The molecule has 1 N–H and O–H groups in total. The van der Waals surface area contributed by atoms with E-state index < -0.39 is 28.5 Å². The molecule has 256 valence electrons. The average Bonchev–Trinajstić information content (AvgIpc) is 3.09. The number of sulfonamides is 1. The van der Waals surface area contributed by atoms with Crippen molar-refractivity contribution in [1.82, 2.24) is 10.2 Å². The quantitative estimate of drug-likeness (QED) is 0.192. The number of carbonyl (C=O) groups excluding carboxylic acids is 2. The van der Waals surface area contributed by atoms with Crippen LogP contribution in [0.2, 0.25) is 0 Å². The van der Waals surface area contributed by atoms with Gasteiger partial charge in [0, 0.05) is 25.2 Å². The predicted octanol–water partition coefficient (Wildman–Crippen LogP) is 4.65. The van der Waals surface area contributed by atoms with Crippen LogP contribution in [0, 0.1) is 0 Å². The molecule has 0 aliphatic carbocycles. The van der Waals surface area contributed by atoms with E-state index in [1.54, 1.807) is 43.5 Å². The Hall–Kier alpha value is -4.65. The molecule has 3 rings (SSSR count). The Morgan fingerprint density at radius 1 is 0.766 bits per heavy atom. The number of rotatable bonds is 18. The van der Waals surface area contributed by atoms with Gasteiger partial charge in [-0.05, 0) is 54.8 Å². The van der Waals surface area contributed by atoms with Crippen LogP contribution in [0.5, 0.6) is 28.7 Å². The zero-order chi connectivity index (χ0) is 34.6. The van der Waals surface area contributed by atoms with Gasteiger partial charge in [0.2, 0.25) is 11.8 Å². The molecule has 0 fully saturated rings. The molecule has 3 aromatic rings. The Morgan fingerprint density at radius 3 is 1.96 bits per heavy atom. The number of benzene rings is 3. The fraction of sp³-hybridized carbons (Fsp3) is 0.412. The molecule has 0 aromatic heterocycles. The standard InChI is InChI=1S/C34H45N3O9S/c1-8-10-19-35-34(39)28(9-2)36(22-24-11-13-25(42-3)14-12-24)33(38)23-37(29-20-26(43-4)15-17-30(29)44-5)47(40,41)27-16-18-31(45-6)32(21-27)46-7/h11-18,20-21,28H,8-10,19,22-23H2,1-7H3,(H,35,39). The molecule has 13 heteroatoms. The Bertz CT molecular complexity index is 1600. The third-order valence-electron chi connectivity index (χ3n) is 7.60. The maximum Gasteiger partial charge on any atom is 0.265 e. The van der Waals surface area contributed by atoms with Crippen molar-refractivity contribution in [2.75, 3.05) is 52.9 Å². The van der Waals surface area contributed by atoms with E-state index in [1.165, 1.54) is 57.6 Å². The van der Waals surface area contributed by atoms with Crippen molar-refractivity contribution in [2.24, 2.45) is 0 Å². The van der Waals surface area contributed by atoms with Gasteiger partial charge in [-0.15, -0.1) is 0 Å². The van der Waals surface area contributed by atoms with Gasteiger partial charge < -0.3 is 33.9 Å². The Morgan fingerprint density at radius 2 is 1.38 bits per heavy atom. The molecule has 47 heavy (non-hydrogen) atoms. The monoisotopic (exact) mass is 671 g/mol. The first-order valence-corrected chi connectivity index (χ1v) is 16.7. The van der Waals surface area contributed by atoms with Gasteiger partial charge in [-0.3, -0.25) is 13.9 Å². The first kappa shape index (κ1) is 36.8. The molecule has 3 aromatic carbocycles. The number of unbranched alkanes of at least 4 members (excludes halogenated alkanes) is 1. The van der Waals surface area contributed by atoms with E-state index in [-0.39, 0.29) is 34.5 Å². The van der Waals surface area contributed by atoms with Gasteiger partial charge >= 0.3 is 0 Å². The van der Waals surface area contributed by atoms with Gasteiger partial charge in [0.15, 0.2) is 11.5 Å². The second-order valence-electron chi connectivity index (χ2n) is 10.5. The molecule has 0 bridgehead atoms. The number of ether oxygens (including phenoxy) is 5. The maximum atomic E-state index is 14.5. The first-order chi connectivity index (χ1) is 22.6. The summed E-state index contributed by atoms with van der Waals surface area (Å²) in [5, 5.41) is 2.92. The molecule has 0 radical (unpaired) electrons. The van der Waals surface area contributed by atoms with E-state index >= 15 is 0 Å². The zero-order valence-electron chi connectivity index (χ0n) is 28.1. The second kappa shape index (κ2) is 17.3. The number of nitrogens with zero attached hydrogens (tertiary/aromatic N) is 2. The molecule has 0 aliphatic heterocycles. The molecule has 12 nitrogen and oxygen atoms in total. The third-order valence-corrected chi connectivity index (χ3v) is 9.36. The molecule has 2 amide bonds. The highest BCUT2D eigenvalue weighted by Crippen LogP contribution is 2.38. The molecule has 1 atom stereocenters. The van der Waals surface area contributed by atoms with Crippen LogP contribution in [-0.4, -0.2) is 79.8 Å². The van der Waals surface area contributed by atoms with Crippen molar-refractivity contribution >= 4 is 27.5 Å².